The van der Waals surface area contributed by atoms with E-state index in [1.807, 2.05) is 44.2 Å². The van der Waals surface area contributed by atoms with Crippen molar-refractivity contribution < 1.29 is 9.47 Å². The van der Waals surface area contributed by atoms with Crippen LogP contribution in [0.5, 0.6) is 11.5 Å². The molecule has 1 aromatic carbocycles. The molecule has 0 spiro atoms. The van der Waals surface area contributed by atoms with Gasteiger partial charge in [0.2, 0.25) is 0 Å². The fraction of sp³-hybridized carbons (Fsp3) is 0.294. The summed E-state index contributed by atoms with van der Waals surface area (Å²) in [7, 11) is 3.21. The van der Waals surface area contributed by atoms with Gasteiger partial charge in [-0.1, -0.05) is 0 Å². The Morgan fingerprint density at radius 1 is 1.13 bits per heavy atom. The zero-order valence-electron chi connectivity index (χ0n) is 13.9. The number of pyridine rings is 1. The molecule has 6 heteroatoms. The first kappa shape index (κ1) is 16.6. The van der Waals surface area contributed by atoms with Crippen molar-refractivity contribution in [2.45, 2.75) is 20.4 Å². The van der Waals surface area contributed by atoms with E-state index in [0.717, 1.165) is 17.0 Å². The molecular weight excluding hydrogens is 292 g/mol. The lowest BCUT2D eigenvalue weighted by atomic mass is 10.2. The minimum absolute atomic E-state index is 0.309. The van der Waals surface area contributed by atoms with Crippen molar-refractivity contribution in [2.75, 3.05) is 19.5 Å². The number of rotatable bonds is 5. The summed E-state index contributed by atoms with van der Waals surface area (Å²) in [4.78, 5) is 8.71. The molecule has 0 fully saturated rings. The van der Waals surface area contributed by atoms with Crippen molar-refractivity contribution in [3.05, 3.63) is 47.3 Å². The number of hydrogen-bond donors (Lipinski definition) is 2. The van der Waals surface area contributed by atoms with Gasteiger partial charge in [-0.25, -0.2) is 4.99 Å². The fourth-order valence-corrected chi connectivity index (χ4v) is 2.28. The summed E-state index contributed by atoms with van der Waals surface area (Å²) in [6.07, 6.45) is 0. The van der Waals surface area contributed by atoms with Crippen LogP contribution in [0.2, 0.25) is 0 Å². The number of hydrogen-bond acceptors (Lipinski definition) is 4. The van der Waals surface area contributed by atoms with E-state index in [9.17, 15) is 0 Å². The minimum Gasteiger partial charge on any atom is -0.497 e. The summed E-state index contributed by atoms with van der Waals surface area (Å²) in [5.41, 5.74) is 9.68. The van der Waals surface area contributed by atoms with E-state index in [2.05, 4.69) is 15.3 Å². The molecule has 6 nitrogen and oxygen atoms in total. The molecule has 0 radical (unpaired) electrons. The smallest absolute Gasteiger partial charge is 0.193 e. The Kier molecular flexibility index (Phi) is 5.41. The number of benzene rings is 1. The highest BCUT2D eigenvalue weighted by atomic mass is 16.5. The summed E-state index contributed by atoms with van der Waals surface area (Å²) in [6.45, 7) is 4.40. The molecule has 0 unspecified atom stereocenters. The number of aliphatic imine (C=N–C) groups is 1. The van der Waals surface area contributed by atoms with Crippen molar-refractivity contribution in [3.63, 3.8) is 0 Å². The van der Waals surface area contributed by atoms with Crippen molar-refractivity contribution in [2.24, 2.45) is 10.7 Å². The first-order valence-corrected chi connectivity index (χ1v) is 7.25. The average molecular weight is 314 g/mol. The van der Waals surface area contributed by atoms with Crippen LogP contribution in [-0.2, 0) is 6.54 Å². The highest BCUT2D eigenvalue weighted by molar-refractivity contribution is 5.94. The Morgan fingerprint density at radius 2 is 1.83 bits per heavy atom. The van der Waals surface area contributed by atoms with Crippen LogP contribution in [0, 0.1) is 13.8 Å². The predicted octanol–water partition coefficient (Wildman–Crippen LogP) is 2.64. The number of nitrogens with one attached hydrogen (secondary N) is 1. The summed E-state index contributed by atoms with van der Waals surface area (Å²) in [5.74, 6) is 1.68. The monoisotopic (exact) mass is 314 g/mol. The molecule has 0 aliphatic rings. The zero-order valence-corrected chi connectivity index (χ0v) is 13.9. The van der Waals surface area contributed by atoms with Crippen molar-refractivity contribution in [3.8, 4) is 11.5 Å². The van der Waals surface area contributed by atoms with Crippen LogP contribution in [0.15, 0.2) is 35.3 Å². The van der Waals surface area contributed by atoms with E-state index in [4.69, 9.17) is 15.2 Å². The van der Waals surface area contributed by atoms with Gasteiger partial charge in [-0.05, 0) is 43.7 Å². The second-order valence-electron chi connectivity index (χ2n) is 5.15. The third-order valence-electron chi connectivity index (χ3n) is 3.24. The molecule has 3 N–H and O–H groups in total. The normalized spacial score (nSPS) is 11.2. The lowest BCUT2D eigenvalue weighted by Crippen LogP contribution is -2.23. The second-order valence-corrected chi connectivity index (χ2v) is 5.15. The molecule has 0 amide bonds. The first-order valence-electron chi connectivity index (χ1n) is 7.25. The van der Waals surface area contributed by atoms with Crippen molar-refractivity contribution in [1.29, 1.82) is 0 Å². The molecule has 122 valence electrons. The molecule has 0 saturated carbocycles. The quantitative estimate of drug-likeness (QED) is 0.655. The van der Waals surface area contributed by atoms with Crippen molar-refractivity contribution >= 4 is 11.6 Å². The van der Waals surface area contributed by atoms with Gasteiger partial charge in [0.1, 0.15) is 11.5 Å². The van der Waals surface area contributed by atoms with Gasteiger partial charge in [0.25, 0.3) is 0 Å². The van der Waals surface area contributed by atoms with Crippen LogP contribution in [0.25, 0.3) is 0 Å². The van der Waals surface area contributed by atoms with Gasteiger partial charge in [0, 0.05) is 17.5 Å². The van der Waals surface area contributed by atoms with Crippen LogP contribution < -0.4 is 20.5 Å². The predicted molar refractivity (Wildman–Crippen MR) is 92.2 cm³/mol. The largest absolute Gasteiger partial charge is 0.497 e. The number of methoxy groups -OCH3 is 2. The topological polar surface area (TPSA) is 81.8 Å². The maximum absolute atomic E-state index is 5.97. The van der Waals surface area contributed by atoms with Gasteiger partial charge in [-0.15, -0.1) is 0 Å². The van der Waals surface area contributed by atoms with Crippen LogP contribution in [0.3, 0.4) is 0 Å². The Hall–Kier alpha value is -2.76. The maximum Gasteiger partial charge on any atom is 0.193 e. The third kappa shape index (κ3) is 4.60. The van der Waals surface area contributed by atoms with E-state index in [-0.39, 0.29) is 0 Å². The van der Waals surface area contributed by atoms with Gasteiger partial charge in [0.15, 0.2) is 5.96 Å². The molecule has 0 saturated heterocycles. The maximum atomic E-state index is 5.97. The molecule has 0 bridgehead atoms. The lowest BCUT2D eigenvalue weighted by Gasteiger charge is -2.12. The number of nitrogens with zero attached hydrogens (tertiary/aromatic N) is 2. The zero-order chi connectivity index (χ0) is 16.8. The Labute approximate surface area is 136 Å². The second kappa shape index (κ2) is 7.49. The molecule has 1 aromatic heterocycles. The van der Waals surface area contributed by atoms with Gasteiger partial charge in [-0.2, -0.15) is 0 Å². The number of anilines is 1. The van der Waals surface area contributed by atoms with Crippen LogP contribution in [0.4, 0.5) is 5.69 Å². The molecule has 0 atom stereocenters. The van der Waals surface area contributed by atoms with Gasteiger partial charge >= 0.3 is 0 Å². The number of guanidine groups is 1. The van der Waals surface area contributed by atoms with E-state index < -0.39 is 0 Å². The van der Waals surface area contributed by atoms with E-state index in [0.29, 0.717) is 29.7 Å². The minimum atomic E-state index is 0.309. The summed E-state index contributed by atoms with van der Waals surface area (Å²) in [6, 6.07) is 9.43. The fourth-order valence-electron chi connectivity index (χ4n) is 2.28. The van der Waals surface area contributed by atoms with Gasteiger partial charge < -0.3 is 20.5 Å². The molecule has 0 aliphatic carbocycles. The first-order chi connectivity index (χ1) is 11.0. The van der Waals surface area contributed by atoms with Crippen molar-refractivity contribution in [1.82, 2.24) is 4.98 Å². The highest BCUT2D eigenvalue weighted by Crippen LogP contribution is 2.28. The van der Waals surface area contributed by atoms with Gasteiger partial charge in [-0.3, -0.25) is 4.98 Å². The molecule has 1 heterocycles. The van der Waals surface area contributed by atoms with Gasteiger partial charge in [0.05, 0.1) is 26.5 Å². The third-order valence-corrected chi connectivity index (χ3v) is 3.24. The summed E-state index contributed by atoms with van der Waals surface area (Å²) in [5, 5.41) is 3.04. The molecule has 23 heavy (non-hydrogen) atoms. The lowest BCUT2D eigenvalue weighted by molar-refractivity contribution is 0.405. The summed E-state index contributed by atoms with van der Waals surface area (Å²) >= 11 is 0. The standard InChI is InChI=1S/C17H22N4O2/c1-11-7-13(8-12(2)20-11)10-19-17(18)21-15-9-14(22-3)5-6-16(15)23-4/h5-9H,10H2,1-4H3,(H3,18,19,21). The van der Waals surface area contributed by atoms with E-state index >= 15 is 0 Å². The Morgan fingerprint density at radius 3 is 2.43 bits per heavy atom. The number of ether oxygens (including phenoxy) is 2. The SMILES string of the molecule is COc1ccc(OC)c(NC(N)=NCc2cc(C)nc(C)c2)c1. The Balaban J connectivity index is 2.13. The molecule has 2 rings (SSSR count). The van der Waals surface area contributed by atoms with E-state index in [1.165, 1.54) is 0 Å². The molecular formula is C17H22N4O2. The van der Waals surface area contributed by atoms with Crippen LogP contribution in [0.1, 0.15) is 17.0 Å². The number of nitrogens with two attached hydrogens (primary N) is 1. The number of aromatic nitrogens is 1. The van der Waals surface area contributed by atoms with E-state index in [1.54, 1.807) is 14.2 Å². The van der Waals surface area contributed by atoms with Crippen LogP contribution in [-0.4, -0.2) is 25.2 Å². The summed E-state index contributed by atoms with van der Waals surface area (Å²) < 4.78 is 10.5. The highest BCUT2D eigenvalue weighted by Gasteiger charge is 2.06. The van der Waals surface area contributed by atoms with Crippen LogP contribution >= 0.6 is 0 Å². The number of aryl methyl sites for hydroxylation is 2. The Bertz CT molecular complexity index is 693. The average Bonchev–Trinajstić information content (AvgIpc) is 2.52. The molecule has 0 aliphatic heterocycles. The molecule has 2 aromatic rings.